The fraction of sp³-hybridized carbons (Fsp3) is 0.559. The van der Waals surface area contributed by atoms with E-state index in [0.29, 0.717) is 38.3 Å². The van der Waals surface area contributed by atoms with Gasteiger partial charge in [0.1, 0.15) is 23.8 Å². The van der Waals surface area contributed by atoms with Crippen molar-refractivity contribution in [3.63, 3.8) is 0 Å². The number of amides is 3. The Hall–Kier alpha value is -4.20. The molecule has 14 heteroatoms. The summed E-state index contributed by atoms with van der Waals surface area (Å²) >= 11 is 1.47. The van der Waals surface area contributed by atoms with Crippen LogP contribution in [0.3, 0.4) is 0 Å². The van der Waals surface area contributed by atoms with Gasteiger partial charge in [0.25, 0.3) is 5.91 Å². The number of anilines is 3. The van der Waals surface area contributed by atoms with Crippen molar-refractivity contribution in [2.75, 3.05) is 73.1 Å². The number of hydrogen-bond acceptors (Lipinski definition) is 10. The molecule has 3 aromatic rings. The predicted octanol–water partition coefficient (Wildman–Crippen LogP) is 4.48. The van der Waals surface area contributed by atoms with Gasteiger partial charge in [-0.15, -0.1) is 0 Å². The molecule has 258 valence electrons. The maximum atomic E-state index is 14.1. The van der Waals surface area contributed by atoms with Crippen LogP contribution in [-0.2, 0) is 9.53 Å². The van der Waals surface area contributed by atoms with Gasteiger partial charge in [0, 0.05) is 64.2 Å². The number of hydrogen-bond donors (Lipinski definition) is 2. The summed E-state index contributed by atoms with van der Waals surface area (Å²) in [6.45, 7) is 12.1. The van der Waals surface area contributed by atoms with Crippen molar-refractivity contribution in [1.29, 1.82) is 0 Å². The quantitative estimate of drug-likeness (QED) is 0.330. The normalized spacial score (nSPS) is 18.5. The Kier molecular flexibility index (Phi) is 9.90. The van der Waals surface area contributed by atoms with Gasteiger partial charge < -0.3 is 34.4 Å². The number of carbonyl (C=O) groups excluding carboxylic acids is 3. The first kappa shape index (κ1) is 33.7. The SMILES string of the molecule is CSNc1ccc(C)cc1C(=O)N1CCCCC1c1cc2nc(N3CCC3)cc(N3CCN(C(=O)CNC(=O)OC(C)(C)C)CC3)n2n1. The number of carbonyl (C=O) groups is 3. The van der Waals surface area contributed by atoms with Gasteiger partial charge in [-0.3, -0.25) is 9.59 Å². The number of ether oxygens (including phenoxy) is 1. The van der Waals surface area contributed by atoms with Gasteiger partial charge >= 0.3 is 6.09 Å². The topological polar surface area (TPSA) is 128 Å². The Bertz CT molecular complexity index is 1660. The molecular weight excluding hydrogens is 630 g/mol. The fourth-order valence-corrected chi connectivity index (χ4v) is 6.89. The molecule has 3 saturated heterocycles. The van der Waals surface area contributed by atoms with Crippen LogP contribution in [0.5, 0.6) is 0 Å². The third-order valence-electron chi connectivity index (χ3n) is 9.06. The van der Waals surface area contributed by atoms with Crippen molar-refractivity contribution < 1.29 is 19.1 Å². The predicted molar refractivity (Wildman–Crippen MR) is 189 cm³/mol. The molecule has 6 rings (SSSR count). The Morgan fingerprint density at radius 2 is 1.73 bits per heavy atom. The Balaban J connectivity index is 1.23. The van der Waals surface area contributed by atoms with E-state index in [1.54, 1.807) is 25.7 Å². The molecule has 3 aliphatic heterocycles. The van der Waals surface area contributed by atoms with E-state index < -0.39 is 11.7 Å². The zero-order chi connectivity index (χ0) is 34.0. The van der Waals surface area contributed by atoms with E-state index in [9.17, 15) is 14.4 Å². The number of piperidine rings is 1. The number of nitrogens with one attached hydrogen (secondary N) is 2. The van der Waals surface area contributed by atoms with Crippen molar-refractivity contribution in [2.24, 2.45) is 0 Å². The van der Waals surface area contributed by atoms with Gasteiger partial charge in [-0.1, -0.05) is 23.6 Å². The van der Waals surface area contributed by atoms with Crippen LogP contribution in [-0.4, -0.2) is 107 Å². The first-order chi connectivity index (χ1) is 23.0. The van der Waals surface area contributed by atoms with Crippen molar-refractivity contribution in [3.8, 4) is 0 Å². The molecule has 0 saturated carbocycles. The fourth-order valence-electron chi connectivity index (χ4n) is 6.49. The maximum absolute atomic E-state index is 14.1. The highest BCUT2D eigenvalue weighted by atomic mass is 32.2. The summed E-state index contributed by atoms with van der Waals surface area (Å²) in [5.74, 6) is 1.70. The van der Waals surface area contributed by atoms with Gasteiger partial charge in [-0.2, -0.15) is 9.61 Å². The summed E-state index contributed by atoms with van der Waals surface area (Å²) in [5, 5.41) is 7.71. The monoisotopic (exact) mass is 677 g/mol. The molecule has 0 bridgehead atoms. The van der Waals surface area contributed by atoms with Gasteiger partial charge in [0.2, 0.25) is 5.91 Å². The number of alkyl carbamates (subject to hydrolysis) is 1. The van der Waals surface area contributed by atoms with Gasteiger partial charge in [0.05, 0.1) is 23.0 Å². The van der Waals surface area contributed by atoms with Crippen molar-refractivity contribution in [3.05, 3.63) is 47.2 Å². The summed E-state index contributed by atoms with van der Waals surface area (Å²) in [6.07, 6.45) is 5.29. The first-order valence-electron chi connectivity index (χ1n) is 16.9. The number of benzene rings is 1. The van der Waals surface area contributed by atoms with Gasteiger partial charge in [-0.05, 0) is 65.5 Å². The molecule has 1 aromatic carbocycles. The van der Waals surface area contributed by atoms with E-state index in [4.69, 9.17) is 14.8 Å². The van der Waals surface area contributed by atoms with Gasteiger partial charge in [0.15, 0.2) is 5.65 Å². The Labute approximate surface area is 286 Å². The number of likely N-dealkylation sites (tertiary alicyclic amines) is 1. The lowest BCUT2D eigenvalue weighted by molar-refractivity contribution is -0.130. The van der Waals surface area contributed by atoms with Crippen LogP contribution in [0, 0.1) is 6.92 Å². The van der Waals surface area contributed by atoms with Crippen LogP contribution in [0.2, 0.25) is 0 Å². The van der Waals surface area contributed by atoms with Crippen molar-refractivity contribution >= 4 is 52.8 Å². The lowest BCUT2D eigenvalue weighted by Crippen LogP contribution is -2.52. The molecule has 2 aromatic heterocycles. The lowest BCUT2D eigenvalue weighted by Gasteiger charge is -2.37. The van der Waals surface area contributed by atoms with Crippen LogP contribution >= 0.6 is 11.9 Å². The Morgan fingerprint density at radius 3 is 2.42 bits per heavy atom. The summed E-state index contributed by atoms with van der Waals surface area (Å²) in [7, 11) is 0. The maximum Gasteiger partial charge on any atom is 0.408 e. The zero-order valence-corrected chi connectivity index (χ0v) is 29.4. The summed E-state index contributed by atoms with van der Waals surface area (Å²) in [4.78, 5) is 52.4. The number of rotatable bonds is 8. The minimum atomic E-state index is -0.628. The van der Waals surface area contributed by atoms with Crippen LogP contribution in [0.1, 0.15) is 74.1 Å². The number of nitrogens with zero attached hydrogens (tertiary/aromatic N) is 7. The van der Waals surface area contributed by atoms with E-state index in [-0.39, 0.29) is 24.4 Å². The molecule has 1 atom stereocenters. The molecular formula is C34H47N9O4S. The average Bonchev–Trinajstić information content (AvgIpc) is 3.46. The molecule has 3 aliphatic rings. The smallest absolute Gasteiger partial charge is 0.408 e. The van der Waals surface area contributed by atoms with Crippen LogP contribution < -0.4 is 19.8 Å². The molecule has 3 fully saturated rings. The largest absolute Gasteiger partial charge is 0.444 e. The van der Waals surface area contributed by atoms with Crippen LogP contribution in [0.25, 0.3) is 5.65 Å². The second kappa shape index (κ2) is 14.1. The highest BCUT2D eigenvalue weighted by Crippen LogP contribution is 2.35. The third kappa shape index (κ3) is 7.43. The highest BCUT2D eigenvalue weighted by molar-refractivity contribution is 7.99. The van der Waals surface area contributed by atoms with E-state index in [2.05, 4.69) is 25.9 Å². The number of piperazine rings is 1. The molecule has 13 nitrogen and oxygen atoms in total. The number of aryl methyl sites for hydroxylation is 1. The van der Waals surface area contributed by atoms with E-state index >= 15 is 0 Å². The summed E-state index contributed by atoms with van der Waals surface area (Å²) in [5.41, 5.74) is 3.50. The summed E-state index contributed by atoms with van der Waals surface area (Å²) in [6, 6.07) is 9.94. The number of fused-ring (bicyclic) bond motifs is 1. The second-order valence-corrected chi connectivity index (χ2v) is 14.4. The highest BCUT2D eigenvalue weighted by Gasteiger charge is 2.33. The summed E-state index contributed by atoms with van der Waals surface area (Å²) < 4.78 is 10.5. The standard InChI is InChI=1S/C34H47N9O4S/c1-23-10-11-25(38-48-5)24(19-23)32(45)42-14-7-6-9-27(42)26-20-29-36-28(39-12-8-13-39)21-30(43(29)37-26)40-15-17-41(18-16-40)31(44)22-35-33(46)47-34(2,3)4/h10-11,19-21,27,38H,6-9,12-18,22H2,1-5H3,(H,35,46). The second-order valence-electron chi connectivity index (χ2n) is 13.7. The zero-order valence-electron chi connectivity index (χ0n) is 28.6. The van der Waals surface area contributed by atoms with E-state index in [1.807, 2.05) is 46.9 Å². The van der Waals surface area contributed by atoms with Crippen LogP contribution in [0.15, 0.2) is 30.3 Å². The van der Waals surface area contributed by atoms with E-state index in [0.717, 1.165) is 73.0 Å². The van der Waals surface area contributed by atoms with Crippen molar-refractivity contribution in [1.82, 2.24) is 29.7 Å². The third-order valence-corrected chi connectivity index (χ3v) is 9.48. The van der Waals surface area contributed by atoms with Gasteiger partial charge in [-0.25, -0.2) is 9.78 Å². The number of aromatic nitrogens is 3. The molecule has 0 radical (unpaired) electrons. The molecule has 3 amide bonds. The molecule has 0 spiro atoms. The molecule has 48 heavy (non-hydrogen) atoms. The molecule has 2 N–H and O–H groups in total. The lowest BCUT2D eigenvalue weighted by atomic mass is 9.97. The molecule has 0 aliphatic carbocycles. The van der Waals surface area contributed by atoms with E-state index in [1.165, 1.54) is 11.9 Å². The Morgan fingerprint density at radius 1 is 0.958 bits per heavy atom. The minimum absolute atomic E-state index is 0.00778. The molecule has 1 unspecified atom stereocenters. The van der Waals surface area contributed by atoms with Crippen molar-refractivity contribution in [2.45, 2.75) is 65.0 Å². The van der Waals surface area contributed by atoms with Crippen LogP contribution in [0.4, 0.5) is 22.1 Å². The average molecular weight is 678 g/mol. The molecule has 5 heterocycles. The first-order valence-corrected chi connectivity index (χ1v) is 18.1. The minimum Gasteiger partial charge on any atom is -0.444 e.